The van der Waals surface area contributed by atoms with Gasteiger partial charge in [-0.05, 0) is 18.3 Å². The molecular weight excluding hydrogens is 186 g/mol. The highest BCUT2D eigenvalue weighted by atomic mass is 35.5. The van der Waals surface area contributed by atoms with E-state index < -0.39 is 0 Å². The zero-order valence-corrected chi connectivity index (χ0v) is 8.99. The lowest BCUT2D eigenvalue weighted by Crippen LogP contribution is -2.37. The maximum absolute atomic E-state index is 5.66. The molecule has 0 saturated carbocycles. The predicted molar refractivity (Wildman–Crippen MR) is 56.0 cm³/mol. The highest BCUT2D eigenvalue weighted by Crippen LogP contribution is 2.28. The average Bonchev–Trinajstić information content (AvgIpc) is 2.04. The van der Waals surface area contributed by atoms with Crippen LogP contribution in [0.4, 0.5) is 0 Å². The third-order valence-electron chi connectivity index (χ3n) is 2.57. The van der Waals surface area contributed by atoms with Crippen LogP contribution < -0.4 is 5.32 Å². The smallest absolute Gasteiger partial charge is 0.0471 e. The molecule has 76 valence electrons. The summed E-state index contributed by atoms with van der Waals surface area (Å²) < 4.78 is 5.32. The van der Waals surface area contributed by atoms with Gasteiger partial charge in [0.1, 0.15) is 0 Å². The molecule has 0 aromatic carbocycles. The number of hydrogen-bond donors (Lipinski definition) is 1. The topological polar surface area (TPSA) is 21.3 Å². The Hall–Kier alpha value is -0.0500. The summed E-state index contributed by atoms with van der Waals surface area (Å²) in [4.78, 5) is 0. The standard InChI is InChI=1S/C10H18ClNO/c1-9(11)7-12-8-10(2)3-5-13-6-4-10/h12H,1,3-8H2,2H3. The van der Waals surface area contributed by atoms with Gasteiger partial charge in [-0.25, -0.2) is 0 Å². The van der Waals surface area contributed by atoms with Crippen LogP contribution >= 0.6 is 11.6 Å². The summed E-state index contributed by atoms with van der Waals surface area (Å²) in [6.45, 7) is 9.42. The van der Waals surface area contributed by atoms with Gasteiger partial charge in [-0.15, -0.1) is 0 Å². The highest BCUT2D eigenvalue weighted by Gasteiger charge is 2.26. The van der Waals surface area contributed by atoms with E-state index in [2.05, 4.69) is 18.8 Å². The van der Waals surface area contributed by atoms with Crippen molar-refractivity contribution in [2.24, 2.45) is 5.41 Å². The van der Waals surface area contributed by atoms with Crippen LogP contribution in [0, 0.1) is 5.41 Å². The molecule has 1 saturated heterocycles. The van der Waals surface area contributed by atoms with Crippen LogP contribution in [0.2, 0.25) is 0 Å². The molecule has 0 amide bonds. The molecule has 0 bridgehead atoms. The van der Waals surface area contributed by atoms with E-state index in [9.17, 15) is 0 Å². The van der Waals surface area contributed by atoms with Gasteiger partial charge in [0, 0.05) is 31.3 Å². The second kappa shape index (κ2) is 4.99. The van der Waals surface area contributed by atoms with Crippen molar-refractivity contribution in [2.45, 2.75) is 19.8 Å². The summed E-state index contributed by atoms with van der Waals surface area (Å²) in [7, 11) is 0. The fourth-order valence-corrected chi connectivity index (χ4v) is 1.64. The molecule has 1 aliphatic heterocycles. The maximum atomic E-state index is 5.66. The number of nitrogens with one attached hydrogen (secondary N) is 1. The SMILES string of the molecule is C=C(Cl)CNCC1(C)CCOCC1. The molecule has 0 radical (unpaired) electrons. The zero-order valence-electron chi connectivity index (χ0n) is 8.24. The Morgan fingerprint density at radius 2 is 2.15 bits per heavy atom. The van der Waals surface area contributed by atoms with Gasteiger partial charge in [0.25, 0.3) is 0 Å². The van der Waals surface area contributed by atoms with Crippen molar-refractivity contribution >= 4 is 11.6 Å². The minimum Gasteiger partial charge on any atom is -0.381 e. The summed E-state index contributed by atoms with van der Waals surface area (Å²) in [5, 5.41) is 3.98. The van der Waals surface area contributed by atoms with Gasteiger partial charge in [-0.2, -0.15) is 0 Å². The zero-order chi connectivity index (χ0) is 9.73. The van der Waals surface area contributed by atoms with Gasteiger partial charge < -0.3 is 10.1 Å². The van der Waals surface area contributed by atoms with E-state index in [0.29, 0.717) is 17.0 Å². The molecule has 1 aliphatic rings. The Bertz CT molecular complexity index is 176. The Morgan fingerprint density at radius 3 is 2.69 bits per heavy atom. The van der Waals surface area contributed by atoms with Crippen molar-refractivity contribution in [1.82, 2.24) is 5.32 Å². The van der Waals surface area contributed by atoms with E-state index in [1.807, 2.05) is 0 Å². The lowest BCUT2D eigenvalue weighted by Gasteiger charge is -2.33. The monoisotopic (exact) mass is 203 g/mol. The molecule has 1 rings (SSSR count). The normalized spacial score (nSPS) is 21.4. The summed E-state index contributed by atoms with van der Waals surface area (Å²) in [6.07, 6.45) is 2.27. The largest absolute Gasteiger partial charge is 0.381 e. The maximum Gasteiger partial charge on any atom is 0.0471 e. The van der Waals surface area contributed by atoms with Gasteiger partial charge in [-0.3, -0.25) is 0 Å². The Kier molecular flexibility index (Phi) is 4.23. The molecule has 0 aromatic heterocycles. The molecule has 2 nitrogen and oxygen atoms in total. The minimum absolute atomic E-state index is 0.380. The quantitative estimate of drug-likeness (QED) is 0.756. The average molecular weight is 204 g/mol. The van der Waals surface area contributed by atoms with Gasteiger partial charge >= 0.3 is 0 Å². The molecule has 0 aromatic rings. The van der Waals surface area contributed by atoms with E-state index in [0.717, 1.165) is 32.6 Å². The fourth-order valence-electron chi connectivity index (χ4n) is 1.54. The van der Waals surface area contributed by atoms with E-state index in [4.69, 9.17) is 16.3 Å². The van der Waals surface area contributed by atoms with Crippen molar-refractivity contribution in [2.75, 3.05) is 26.3 Å². The van der Waals surface area contributed by atoms with Crippen LogP contribution in [0.3, 0.4) is 0 Å². The lowest BCUT2D eigenvalue weighted by atomic mass is 9.82. The number of rotatable bonds is 4. The summed E-state index contributed by atoms with van der Waals surface area (Å²) in [5.74, 6) is 0. The van der Waals surface area contributed by atoms with E-state index in [-0.39, 0.29) is 0 Å². The van der Waals surface area contributed by atoms with Crippen LogP contribution in [0.25, 0.3) is 0 Å². The summed E-state index contributed by atoms with van der Waals surface area (Å²) in [6, 6.07) is 0. The van der Waals surface area contributed by atoms with Gasteiger partial charge in [-0.1, -0.05) is 25.1 Å². The molecule has 0 unspecified atom stereocenters. The van der Waals surface area contributed by atoms with Crippen LogP contribution in [-0.2, 0) is 4.74 Å². The van der Waals surface area contributed by atoms with E-state index in [1.165, 1.54) is 0 Å². The number of halogens is 1. The van der Waals surface area contributed by atoms with Gasteiger partial charge in [0.15, 0.2) is 0 Å². The molecule has 0 spiro atoms. The van der Waals surface area contributed by atoms with E-state index >= 15 is 0 Å². The Balaban J connectivity index is 2.21. The second-order valence-corrected chi connectivity index (χ2v) is 4.58. The second-order valence-electron chi connectivity index (χ2n) is 4.04. The molecular formula is C10H18ClNO. The van der Waals surface area contributed by atoms with Crippen LogP contribution in [0.5, 0.6) is 0 Å². The Morgan fingerprint density at radius 1 is 1.54 bits per heavy atom. The molecule has 1 heterocycles. The van der Waals surface area contributed by atoms with Crippen molar-refractivity contribution in [3.63, 3.8) is 0 Å². The Labute approximate surface area is 85.3 Å². The van der Waals surface area contributed by atoms with Crippen molar-refractivity contribution in [3.8, 4) is 0 Å². The molecule has 0 aliphatic carbocycles. The highest BCUT2D eigenvalue weighted by molar-refractivity contribution is 6.29. The van der Waals surface area contributed by atoms with Crippen molar-refractivity contribution in [1.29, 1.82) is 0 Å². The predicted octanol–water partition coefficient (Wildman–Crippen LogP) is 2.15. The van der Waals surface area contributed by atoms with Crippen LogP contribution in [0.15, 0.2) is 11.6 Å². The van der Waals surface area contributed by atoms with Gasteiger partial charge in [0.2, 0.25) is 0 Å². The van der Waals surface area contributed by atoms with Crippen LogP contribution in [-0.4, -0.2) is 26.3 Å². The first kappa shape index (κ1) is 11.0. The first-order valence-electron chi connectivity index (χ1n) is 4.74. The third kappa shape index (κ3) is 4.12. The first-order valence-corrected chi connectivity index (χ1v) is 5.12. The first-order chi connectivity index (χ1) is 6.12. The summed E-state index contributed by atoms with van der Waals surface area (Å²) >= 11 is 5.66. The lowest BCUT2D eigenvalue weighted by molar-refractivity contribution is 0.0245. The molecule has 1 N–H and O–H groups in total. The van der Waals surface area contributed by atoms with Gasteiger partial charge in [0.05, 0.1) is 0 Å². The van der Waals surface area contributed by atoms with Crippen molar-refractivity contribution in [3.05, 3.63) is 11.6 Å². The molecule has 0 atom stereocenters. The molecule has 13 heavy (non-hydrogen) atoms. The number of ether oxygens (including phenoxy) is 1. The molecule has 3 heteroatoms. The fraction of sp³-hybridized carbons (Fsp3) is 0.800. The van der Waals surface area contributed by atoms with E-state index in [1.54, 1.807) is 0 Å². The van der Waals surface area contributed by atoms with Crippen LogP contribution in [0.1, 0.15) is 19.8 Å². The summed E-state index contributed by atoms with van der Waals surface area (Å²) in [5.41, 5.74) is 0.380. The third-order valence-corrected chi connectivity index (χ3v) is 2.70. The number of hydrogen-bond acceptors (Lipinski definition) is 2. The molecule has 1 fully saturated rings. The van der Waals surface area contributed by atoms with Crippen molar-refractivity contribution < 1.29 is 4.74 Å². The minimum atomic E-state index is 0.380.